The molecule has 4 aromatic rings. The average Bonchev–Trinajstić information content (AvgIpc) is 3.28. The molecule has 0 saturated carbocycles. The summed E-state index contributed by atoms with van der Waals surface area (Å²) in [6.45, 7) is 2.19. The van der Waals surface area contributed by atoms with E-state index in [1.807, 2.05) is 60.8 Å². The maximum absolute atomic E-state index is 12.2. The van der Waals surface area contributed by atoms with Crippen LogP contribution in [0, 0.1) is 6.92 Å². The van der Waals surface area contributed by atoms with E-state index in [1.165, 1.54) is 0 Å². The van der Waals surface area contributed by atoms with Gasteiger partial charge in [0.25, 0.3) is 0 Å². The Morgan fingerprint density at radius 3 is 2.88 bits per heavy atom. The fraction of sp³-hybridized carbons (Fsp3) is 0.143. The number of fused-ring (bicyclic) bond motifs is 1. The quantitative estimate of drug-likeness (QED) is 0.460. The number of furan rings is 1. The molecule has 0 atom stereocenters. The maximum Gasteiger partial charge on any atom is 0.310 e. The second-order valence-electron chi connectivity index (χ2n) is 6.11. The molecule has 2 aromatic carbocycles. The van der Waals surface area contributed by atoms with Gasteiger partial charge >= 0.3 is 5.97 Å². The zero-order chi connectivity index (χ0) is 17.9. The van der Waals surface area contributed by atoms with E-state index in [0.29, 0.717) is 0 Å². The van der Waals surface area contributed by atoms with E-state index in [4.69, 9.17) is 9.15 Å². The SMILES string of the molecule is Cc1ccc2c(CC(=O)OCc3csc(-c4ccccc4)n3)coc2c1. The highest BCUT2D eigenvalue weighted by molar-refractivity contribution is 7.13. The Bertz CT molecular complexity index is 1050. The van der Waals surface area contributed by atoms with E-state index in [1.54, 1.807) is 17.6 Å². The molecule has 0 bridgehead atoms. The van der Waals surface area contributed by atoms with Crippen molar-refractivity contribution in [1.29, 1.82) is 0 Å². The molecule has 0 spiro atoms. The molecule has 0 aliphatic rings. The van der Waals surface area contributed by atoms with Gasteiger partial charge in [0.15, 0.2) is 0 Å². The molecule has 4 nitrogen and oxygen atoms in total. The molecular weight excluding hydrogens is 346 g/mol. The number of carbonyl (C=O) groups excluding carboxylic acids is 1. The van der Waals surface area contributed by atoms with Gasteiger partial charge in [-0.2, -0.15) is 0 Å². The van der Waals surface area contributed by atoms with Crippen molar-refractivity contribution >= 4 is 28.3 Å². The normalized spacial score (nSPS) is 11.0. The second-order valence-corrected chi connectivity index (χ2v) is 6.97. The molecule has 0 N–H and O–H groups in total. The van der Waals surface area contributed by atoms with Crippen LogP contribution >= 0.6 is 11.3 Å². The highest BCUT2D eigenvalue weighted by Gasteiger charge is 2.13. The third kappa shape index (κ3) is 3.53. The summed E-state index contributed by atoms with van der Waals surface area (Å²) in [6.07, 6.45) is 1.81. The van der Waals surface area contributed by atoms with Crippen molar-refractivity contribution in [3.63, 3.8) is 0 Å². The third-order valence-corrected chi connectivity index (χ3v) is 5.04. The number of hydrogen-bond acceptors (Lipinski definition) is 5. The Hall–Kier alpha value is -2.92. The number of carbonyl (C=O) groups is 1. The van der Waals surface area contributed by atoms with Crippen molar-refractivity contribution in [2.45, 2.75) is 20.0 Å². The number of nitrogens with zero attached hydrogens (tertiary/aromatic N) is 1. The van der Waals surface area contributed by atoms with Crippen LogP contribution in [0.3, 0.4) is 0 Å². The van der Waals surface area contributed by atoms with E-state index in [9.17, 15) is 4.79 Å². The molecule has 0 amide bonds. The van der Waals surface area contributed by atoms with Crippen LogP contribution in [0.1, 0.15) is 16.8 Å². The Kier molecular flexibility index (Phi) is 4.54. The largest absolute Gasteiger partial charge is 0.464 e. The number of aryl methyl sites for hydroxylation is 1. The lowest BCUT2D eigenvalue weighted by atomic mass is 10.1. The Labute approximate surface area is 155 Å². The van der Waals surface area contributed by atoms with E-state index < -0.39 is 0 Å². The summed E-state index contributed by atoms with van der Waals surface area (Å²) in [5.41, 5.74) is 4.58. The van der Waals surface area contributed by atoms with Crippen molar-refractivity contribution in [3.8, 4) is 10.6 Å². The summed E-state index contributed by atoms with van der Waals surface area (Å²) in [4.78, 5) is 16.7. The Morgan fingerprint density at radius 2 is 2.04 bits per heavy atom. The lowest BCUT2D eigenvalue weighted by Gasteiger charge is -2.02. The first-order valence-corrected chi connectivity index (χ1v) is 9.19. The topological polar surface area (TPSA) is 52.3 Å². The summed E-state index contributed by atoms with van der Waals surface area (Å²) in [5.74, 6) is -0.289. The third-order valence-electron chi connectivity index (χ3n) is 4.10. The van der Waals surface area contributed by atoms with Gasteiger partial charge in [-0.25, -0.2) is 4.98 Å². The van der Waals surface area contributed by atoms with Gasteiger partial charge in [0.1, 0.15) is 17.2 Å². The number of benzene rings is 2. The van der Waals surface area contributed by atoms with Crippen LogP contribution in [-0.2, 0) is 22.6 Å². The second kappa shape index (κ2) is 7.14. The van der Waals surface area contributed by atoms with Crippen molar-refractivity contribution in [2.75, 3.05) is 0 Å². The molecule has 0 radical (unpaired) electrons. The number of hydrogen-bond donors (Lipinski definition) is 0. The predicted molar refractivity (Wildman–Crippen MR) is 102 cm³/mol. The Balaban J connectivity index is 1.39. The van der Waals surface area contributed by atoms with E-state index in [0.717, 1.165) is 38.4 Å². The van der Waals surface area contributed by atoms with Crippen molar-refractivity contribution in [1.82, 2.24) is 4.98 Å². The summed E-state index contributed by atoms with van der Waals surface area (Å²) >= 11 is 1.55. The van der Waals surface area contributed by atoms with Crippen molar-refractivity contribution < 1.29 is 13.9 Å². The van der Waals surface area contributed by atoms with Gasteiger partial charge in [-0.15, -0.1) is 11.3 Å². The molecule has 2 aromatic heterocycles. The van der Waals surface area contributed by atoms with Crippen LogP contribution in [0.4, 0.5) is 0 Å². The molecule has 4 rings (SSSR count). The van der Waals surface area contributed by atoms with Crippen molar-refractivity contribution in [3.05, 3.63) is 77.0 Å². The van der Waals surface area contributed by atoms with Crippen LogP contribution in [-0.4, -0.2) is 11.0 Å². The van der Waals surface area contributed by atoms with Crippen LogP contribution < -0.4 is 0 Å². The zero-order valence-corrected chi connectivity index (χ0v) is 15.1. The van der Waals surface area contributed by atoms with Gasteiger partial charge in [-0.1, -0.05) is 42.5 Å². The first-order valence-electron chi connectivity index (χ1n) is 8.31. The Morgan fingerprint density at radius 1 is 1.19 bits per heavy atom. The number of esters is 1. The van der Waals surface area contributed by atoms with Gasteiger partial charge in [0.05, 0.1) is 18.4 Å². The minimum absolute atomic E-state index is 0.178. The van der Waals surface area contributed by atoms with Crippen LogP contribution in [0.15, 0.2) is 64.6 Å². The van der Waals surface area contributed by atoms with Crippen LogP contribution in [0.2, 0.25) is 0 Å². The molecule has 26 heavy (non-hydrogen) atoms. The molecule has 5 heteroatoms. The fourth-order valence-corrected chi connectivity index (χ4v) is 3.59. The molecular formula is C21H17NO3S. The van der Waals surface area contributed by atoms with E-state index in [2.05, 4.69) is 4.98 Å². The summed E-state index contributed by atoms with van der Waals surface area (Å²) < 4.78 is 10.9. The average molecular weight is 363 g/mol. The van der Waals surface area contributed by atoms with Gasteiger partial charge in [-0.05, 0) is 18.6 Å². The van der Waals surface area contributed by atoms with Gasteiger partial charge in [0, 0.05) is 21.9 Å². The fourth-order valence-electron chi connectivity index (χ4n) is 2.77. The number of thiazole rings is 1. The predicted octanol–water partition coefficient (Wildman–Crippen LogP) is 5.15. The zero-order valence-electron chi connectivity index (χ0n) is 14.3. The minimum atomic E-state index is -0.289. The molecule has 2 heterocycles. The first-order chi connectivity index (χ1) is 12.7. The van der Waals surface area contributed by atoms with E-state index >= 15 is 0 Å². The van der Waals surface area contributed by atoms with Gasteiger partial charge in [0.2, 0.25) is 0 Å². The standard InChI is InChI=1S/C21H17NO3S/c1-14-7-8-18-16(11-24-19(18)9-14)10-20(23)25-12-17-13-26-21(22-17)15-5-3-2-4-6-15/h2-9,11,13H,10,12H2,1H3. The summed E-state index contributed by atoms with van der Waals surface area (Å²) in [7, 11) is 0. The van der Waals surface area contributed by atoms with Crippen LogP contribution in [0.5, 0.6) is 0 Å². The van der Waals surface area contributed by atoms with Crippen molar-refractivity contribution in [2.24, 2.45) is 0 Å². The number of ether oxygens (including phenoxy) is 1. The summed E-state index contributed by atoms with van der Waals surface area (Å²) in [6, 6.07) is 15.9. The number of rotatable bonds is 5. The molecule has 0 saturated heterocycles. The molecule has 0 unspecified atom stereocenters. The summed E-state index contributed by atoms with van der Waals surface area (Å²) in [5, 5.41) is 3.80. The van der Waals surface area contributed by atoms with E-state index in [-0.39, 0.29) is 19.0 Å². The highest BCUT2D eigenvalue weighted by atomic mass is 32.1. The monoisotopic (exact) mass is 363 g/mol. The maximum atomic E-state index is 12.2. The smallest absolute Gasteiger partial charge is 0.310 e. The first kappa shape index (κ1) is 16.5. The van der Waals surface area contributed by atoms with Gasteiger partial charge < -0.3 is 9.15 Å². The molecule has 0 fully saturated rings. The lowest BCUT2D eigenvalue weighted by molar-refractivity contribution is -0.144. The highest BCUT2D eigenvalue weighted by Crippen LogP contribution is 2.25. The molecule has 130 valence electrons. The number of aromatic nitrogens is 1. The minimum Gasteiger partial charge on any atom is -0.464 e. The molecule has 0 aliphatic heterocycles. The molecule has 0 aliphatic carbocycles. The lowest BCUT2D eigenvalue weighted by Crippen LogP contribution is -2.07. The van der Waals surface area contributed by atoms with Crippen LogP contribution in [0.25, 0.3) is 21.5 Å². The van der Waals surface area contributed by atoms with Gasteiger partial charge in [-0.3, -0.25) is 4.79 Å².